The Kier molecular flexibility index (Phi) is 4.40. The molecule has 122 valence electrons. The van der Waals surface area contributed by atoms with Crippen molar-refractivity contribution in [3.8, 4) is 34.0 Å². The first-order valence-electron chi connectivity index (χ1n) is 7.23. The van der Waals surface area contributed by atoms with Crippen molar-refractivity contribution < 1.29 is 9.84 Å². The lowest BCUT2D eigenvalue weighted by molar-refractivity contribution is 0.412. The highest BCUT2D eigenvalue weighted by atomic mass is 79.9. The third kappa shape index (κ3) is 3.19. The number of aromatic amines is 1. The van der Waals surface area contributed by atoms with Gasteiger partial charge in [0.1, 0.15) is 11.5 Å². The molecular formula is C18H15BrN2O3. The molecule has 1 aromatic heterocycles. The van der Waals surface area contributed by atoms with E-state index in [0.29, 0.717) is 17.1 Å². The normalized spacial score (nSPS) is 10.6. The van der Waals surface area contributed by atoms with Crippen LogP contribution in [0.5, 0.6) is 11.5 Å². The number of benzene rings is 2. The minimum atomic E-state index is -0.430. The highest BCUT2D eigenvalue weighted by molar-refractivity contribution is 9.10. The molecule has 0 atom stereocenters. The average molecular weight is 387 g/mol. The van der Waals surface area contributed by atoms with Crippen LogP contribution in [-0.4, -0.2) is 22.2 Å². The SMILES string of the molecule is COc1ccc(-c2cc(-c3ccc(O)c(C)c3)nc(=O)[nH]2)cc1Br. The van der Waals surface area contributed by atoms with Gasteiger partial charge in [0.2, 0.25) is 0 Å². The van der Waals surface area contributed by atoms with Crippen LogP contribution in [-0.2, 0) is 0 Å². The van der Waals surface area contributed by atoms with E-state index in [1.165, 1.54) is 0 Å². The number of rotatable bonds is 3. The van der Waals surface area contributed by atoms with Gasteiger partial charge in [0, 0.05) is 5.56 Å². The molecular weight excluding hydrogens is 372 g/mol. The van der Waals surface area contributed by atoms with Crippen LogP contribution in [0, 0.1) is 6.92 Å². The maximum atomic E-state index is 12.0. The molecule has 0 bridgehead atoms. The van der Waals surface area contributed by atoms with Gasteiger partial charge in [-0.3, -0.25) is 0 Å². The molecule has 5 nitrogen and oxygen atoms in total. The smallest absolute Gasteiger partial charge is 0.345 e. The second-order valence-electron chi connectivity index (χ2n) is 5.34. The molecule has 0 aliphatic carbocycles. The number of nitrogens with zero attached hydrogens (tertiary/aromatic N) is 1. The molecule has 0 fully saturated rings. The monoisotopic (exact) mass is 386 g/mol. The molecule has 2 aromatic carbocycles. The Morgan fingerprint density at radius 2 is 1.88 bits per heavy atom. The van der Waals surface area contributed by atoms with Crippen molar-refractivity contribution in [2.24, 2.45) is 0 Å². The van der Waals surface area contributed by atoms with E-state index in [-0.39, 0.29) is 5.75 Å². The molecule has 3 aromatic rings. The summed E-state index contributed by atoms with van der Waals surface area (Å²) in [5.41, 5.74) is 3.09. The number of aromatic nitrogens is 2. The molecule has 0 radical (unpaired) electrons. The van der Waals surface area contributed by atoms with Crippen LogP contribution in [0.25, 0.3) is 22.5 Å². The highest BCUT2D eigenvalue weighted by Gasteiger charge is 2.09. The van der Waals surface area contributed by atoms with E-state index in [9.17, 15) is 9.90 Å². The third-order valence-corrected chi connectivity index (χ3v) is 4.32. The van der Waals surface area contributed by atoms with E-state index in [2.05, 4.69) is 25.9 Å². The van der Waals surface area contributed by atoms with Crippen LogP contribution in [0.3, 0.4) is 0 Å². The van der Waals surface area contributed by atoms with Gasteiger partial charge in [0.25, 0.3) is 0 Å². The molecule has 0 aliphatic heterocycles. The second-order valence-corrected chi connectivity index (χ2v) is 6.19. The average Bonchev–Trinajstić information content (AvgIpc) is 2.56. The Bertz CT molecular complexity index is 967. The maximum absolute atomic E-state index is 12.0. The van der Waals surface area contributed by atoms with Gasteiger partial charge in [0.05, 0.1) is 23.0 Å². The summed E-state index contributed by atoms with van der Waals surface area (Å²) in [7, 11) is 1.60. The molecule has 0 amide bonds. The van der Waals surface area contributed by atoms with E-state index >= 15 is 0 Å². The molecule has 6 heteroatoms. The lowest BCUT2D eigenvalue weighted by Crippen LogP contribution is -2.12. The molecule has 24 heavy (non-hydrogen) atoms. The highest BCUT2D eigenvalue weighted by Crippen LogP contribution is 2.31. The van der Waals surface area contributed by atoms with Gasteiger partial charge in [-0.25, -0.2) is 4.79 Å². The molecule has 0 spiro atoms. The number of halogens is 1. The van der Waals surface area contributed by atoms with Gasteiger partial charge in [-0.2, -0.15) is 4.98 Å². The van der Waals surface area contributed by atoms with Crippen LogP contribution >= 0.6 is 15.9 Å². The lowest BCUT2D eigenvalue weighted by atomic mass is 10.1. The second kappa shape index (κ2) is 6.49. The Morgan fingerprint density at radius 1 is 1.12 bits per heavy atom. The molecule has 0 saturated heterocycles. The summed E-state index contributed by atoms with van der Waals surface area (Å²) in [6.07, 6.45) is 0. The fraction of sp³-hybridized carbons (Fsp3) is 0.111. The lowest BCUT2D eigenvalue weighted by Gasteiger charge is -2.08. The number of hydrogen-bond donors (Lipinski definition) is 2. The first-order valence-corrected chi connectivity index (χ1v) is 8.02. The molecule has 0 unspecified atom stereocenters. The first kappa shape index (κ1) is 16.3. The fourth-order valence-corrected chi connectivity index (χ4v) is 2.95. The summed E-state index contributed by atoms with van der Waals surface area (Å²) < 4.78 is 6.02. The summed E-state index contributed by atoms with van der Waals surface area (Å²) in [6, 6.07) is 12.5. The van der Waals surface area contributed by atoms with Gasteiger partial charge < -0.3 is 14.8 Å². The zero-order valence-corrected chi connectivity index (χ0v) is 14.7. The van der Waals surface area contributed by atoms with E-state index in [1.54, 1.807) is 32.2 Å². The predicted molar refractivity (Wildman–Crippen MR) is 96.4 cm³/mol. The Hall–Kier alpha value is -2.60. The van der Waals surface area contributed by atoms with Gasteiger partial charge in [0.15, 0.2) is 0 Å². The number of phenolic OH excluding ortho intramolecular Hbond substituents is 1. The number of H-pyrrole nitrogens is 1. The largest absolute Gasteiger partial charge is 0.508 e. The van der Waals surface area contributed by atoms with Crippen molar-refractivity contribution >= 4 is 15.9 Å². The molecule has 2 N–H and O–H groups in total. The summed E-state index contributed by atoms with van der Waals surface area (Å²) >= 11 is 3.44. The quantitative estimate of drug-likeness (QED) is 0.715. The van der Waals surface area contributed by atoms with E-state index in [1.807, 2.05) is 24.3 Å². The standard InChI is InChI=1S/C18H15BrN2O3/c1-10-7-11(3-5-16(10)22)14-9-15(21-18(23)20-14)12-4-6-17(24-2)13(19)8-12/h3-9,22H,1-2H3,(H,20,21,23). The van der Waals surface area contributed by atoms with Crippen molar-refractivity contribution in [3.05, 3.63) is 63.0 Å². The number of methoxy groups -OCH3 is 1. The number of aryl methyl sites for hydroxylation is 1. The molecule has 0 saturated carbocycles. The Balaban J connectivity index is 2.11. The van der Waals surface area contributed by atoms with Crippen LogP contribution < -0.4 is 10.4 Å². The van der Waals surface area contributed by atoms with Crippen molar-refractivity contribution in [2.45, 2.75) is 6.92 Å². The predicted octanol–water partition coefficient (Wildman–Crippen LogP) is 3.89. The number of phenols is 1. The summed E-state index contributed by atoms with van der Waals surface area (Å²) in [6.45, 7) is 1.80. The van der Waals surface area contributed by atoms with Gasteiger partial charge in [-0.15, -0.1) is 0 Å². The maximum Gasteiger partial charge on any atom is 0.345 e. The Labute approximate surface area is 147 Å². The van der Waals surface area contributed by atoms with Crippen LogP contribution in [0.2, 0.25) is 0 Å². The van der Waals surface area contributed by atoms with Gasteiger partial charge in [-0.1, -0.05) is 0 Å². The molecule has 3 rings (SSSR count). The number of aromatic hydroxyl groups is 1. The van der Waals surface area contributed by atoms with Crippen molar-refractivity contribution in [2.75, 3.05) is 7.11 Å². The van der Waals surface area contributed by atoms with Gasteiger partial charge in [-0.05, 0) is 76.4 Å². The number of hydrogen-bond acceptors (Lipinski definition) is 4. The van der Waals surface area contributed by atoms with E-state index in [0.717, 1.165) is 21.2 Å². The minimum absolute atomic E-state index is 0.211. The van der Waals surface area contributed by atoms with Crippen molar-refractivity contribution in [3.63, 3.8) is 0 Å². The summed E-state index contributed by atoms with van der Waals surface area (Å²) in [4.78, 5) is 18.7. The topological polar surface area (TPSA) is 75.2 Å². The van der Waals surface area contributed by atoms with E-state index in [4.69, 9.17) is 4.74 Å². The third-order valence-electron chi connectivity index (χ3n) is 3.70. The molecule has 0 aliphatic rings. The molecule has 1 heterocycles. The van der Waals surface area contributed by atoms with Gasteiger partial charge >= 0.3 is 5.69 Å². The first-order chi connectivity index (χ1) is 11.5. The van der Waals surface area contributed by atoms with Crippen molar-refractivity contribution in [1.82, 2.24) is 9.97 Å². The fourth-order valence-electron chi connectivity index (χ4n) is 2.41. The van der Waals surface area contributed by atoms with Crippen molar-refractivity contribution in [1.29, 1.82) is 0 Å². The van der Waals surface area contributed by atoms with Crippen LogP contribution in [0.15, 0.2) is 51.7 Å². The summed E-state index contributed by atoms with van der Waals surface area (Å²) in [5.74, 6) is 0.924. The number of nitrogens with one attached hydrogen (secondary N) is 1. The zero-order chi connectivity index (χ0) is 17.3. The van der Waals surface area contributed by atoms with E-state index < -0.39 is 5.69 Å². The van der Waals surface area contributed by atoms with Crippen LogP contribution in [0.1, 0.15) is 5.56 Å². The zero-order valence-electron chi connectivity index (χ0n) is 13.1. The van der Waals surface area contributed by atoms with Crippen LogP contribution in [0.4, 0.5) is 0 Å². The number of ether oxygens (including phenoxy) is 1. The minimum Gasteiger partial charge on any atom is -0.508 e. The summed E-state index contributed by atoms with van der Waals surface area (Å²) in [5, 5.41) is 9.65. The Morgan fingerprint density at radius 3 is 2.54 bits per heavy atom.